The molecule has 4 rings (SSSR count). The minimum atomic E-state index is 0.0587. The Labute approximate surface area is 177 Å². The van der Waals surface area contributed by atoms with Crippen molar-refractivity contribution in [2.24, 2.45) is 12.0 Å². The Morgan fingerprint density at radius 2 is 2.03 bits per heavy atom. The van der Waals surface area contributed by atoms with Gasteiger partial charge in [-0.2, -0.15) is 5.10 Å². The Balaban J connectivity index is 1.43. The van der Waals surface area contributed by atoms with Gasteiger partial charge in [0.15, 0.2) is 5.96 Å². The molecule has 1 aromatic carbocycles. The van der Waals surface area contributed by atoms with Crippen molar-refractivity contribution in [1.82, 2.24) is 20.0 Å². The van der Waals surface area contributed by atoms with Crippen molar-refractivity contribution in [3.05, 3.63) is 54.4 Å². The Bertz CT molecular complexity index is 940. The van der Waals surface area contributed by atoms with Crippen molar-refractivity contribution in [2.45, 2.75) is 13.5 Å². The number of anilines is 2. The van der Waals surface area contributed by atoms with E-state index in [0.29, 0.717) is 19.6 Å². The lowest BCUT2D eigenvalue weighted by molar-refractivity contribution is -0.120. The van der Waals surface area contributed by atoms with E-state index in [1.54, 1.807) is 15.8 Å². The van der Waals surface area contributed by atoms with Crippen molar-refractivity contribution in [3.8, 4) is 0 Å². The van der Waals surface area contributed by atoms with Crippen LogP contribution in [0, 0.1) is 0 Å². The van der Waals surface area contributed by atoms with E-state index < -0.39 is 0 Å². The standard InChI is InChI=1S/C22H29N7O/c1-3-23-22(24-14-18-7-6-8-19(13-18)27-9-4-5-10-27)28-11-12-29(21(30)17-28)20-15-25-26(2)16-20/h4-8,13,15-16H,3,9-12,14,17H2,1-2H3,(H,23,24). The number of amides is 1. The quantitative estimate of drug-likeness (QED) is 0.463. The number of guanidine groups is 1. The van der Waals surface area contributed by atoms with Crippen molar-refractivity contribution < 1.29 is 4.79 Å². The molecule has 1 amide bonds. The fourth-order valence-electron chi connectivity index (χ4n) is 3.81. The minimum Gasteiger partial charge on any atom is -0.364 e. The van der Waals surface area contributed by atoms with Crippen LogP contribution in [0.5, 0.6) is 0 Å². The van der Waals surface area contributed by atoms with Gasteiger partial charge in [-0.1, -0.05) is 24.3 Å². The first-order valence-corrected chi connectivity index (χ1v) is 10.4. The SMILES string of the molecule is CCNC(=NCc1cccc(N2CC=CC2)c1)N1CCN(c2cnn(C)c2)C(=O)C1. The van der Waals surface area contributed by atoms with Crippen LogP contribution in [-0.2, 0) is 18.4 Å². The lowest BCUT2D eigenvalue weighted by Gasteiger charge is -2.35. The number of nitrogens with one attached hydrogen (secondary N) is 1. The van der Waals surface area contributed by atoms with E-state index >= 15 is 0 Å². The largest absolute Gasteiger partial charge is 0.364 e. The predicted octanol–water partition coefficient (Wildman–Crippen LogP) is 1.61. The first kappa shape index (κ1) is 20.0. The van der Waals surface area contributed by atoms with E-state index in [2.05, 4.69) is 51.7 Å². The van der Waals surface area contributed by atoms with Crippen LogP contribution in [0.3, 0.4) is 0 Å². The van der Waals surface area contributed by atoms with Crippen LogP contribution in [0.1, 0.15) is 12.5 Å². The summed E-state index contributed by atoms with van der Waals surface area (Å²) in [7, 11) is 1.86. The Morgan fingerprint density at radius 3 is 2.73 bits per heavy atom. The average Bonchev–Trinajstić information content (AvgIpc) is 3.43. The maximum absolute atomic E-state index is 12.7. The van der Waals surface area contributed by atoms with Gasteiger partial charge in [0.05, 0.1) is 18.4 Å². The van der Waals surface area contributed by atoms with Gasteiger partial charge in [0.25, 0.3) is 0 Å². The molecule has 0 bridgehead atoms. The van der Waals surface area contributed by atoms with Crippen LogP contribution in [0.4, 0.5) is 11.4 Å². The number of benzene rings is 1. The number of rotatable bonds is 5. The molecule has 158 valence electrons. The van der Waals surface area contributed by atoms with Gasteiger partial charge >= 0.3 is 0 Å². The van der Waals surface area contributed by atoms with Gasteiger partial charge in [0.1, 0.15) is 6.54 Å². The molecule has 2 aliphatic rings. The van der Waals surface area contributed by atoms with Gasteiger partial charge in [-0.25, -0.2) is 4.99 Å². The van der Waals surface area contributed by atoms with Gasteiger partial charge in [-0.3, -0.25) is 9.48 Å². The molecule has 0 saturated carbocycles. The van der Waals surface area contributed by atoms with Crippen LogP contribution in [0.15, 0.2) is 53.8 Å². The number of hydrogen-bond acceptors (Lipinski definition) is 4. The third-order valence-corrected chi connectivity index (χ3v) is 5.36. The van der Waals surface area contributed by atoms with Gasteiger partial charge < -0.3 is 20.0 Å². The second-order valence-electron chi connectivity index (χ2n) is 7.56. The first-order chi connectivity index (χ1) is 14.6. The molecule has 2 aliphatic heterocycles. The Hall–Kier alpha value is -3.29. The number of aryl methyl sites for hydroxylation is 1. The second kappa shape index (κ2) is 9.02. The number of piperazine rings is 1. The topological polar surface area (TPSA) is 69.0 Å². The molecule has 2 aromatic rings. The Morgan fingerprint density at radius 1 is 1.20 bits per heavy atom. The number of aromatic nitrogens is 2. The minimum absolute atomic E-state index is 0.0587. The van der Waals surface area contributed by atoms with Crippen LogP contribution in [0.25, 0.3) is 0 Å². The molecule has 0 aliphatic carbocycles. The summed E-state index contributed by atoms with van der Waals surface area (Å²) < 4.78 is 1.72. The zero-order valence-electron chi connectivity index (χ0n) is 17.7. The van der Waals surface area contributed by atoms with Crippen LogP contribution in [-0.4, -0.2) is 65.8 Å². The van der Waals surface area contributed by atoms with E-state index in [-0.39, 0.29) is 5.91 Å². The van der Waals surface area contributed by atoms with E-state index in [1.165, 1.54) is 5.69 Å². The molecule has 30 heavy (non-hydrogen) atoms. The average molecular weight is 408 g/mol. The third kappa shape index (κ3) is 4.48. The van der Waals surface area contributed by atoms with Crippen LogP contribution >= 0.6 is 0 Å². The molecule has 1 N–H and O–H groups in total. The number of carbonyl (C=O) groups is 1. The van der Waals surface area contributed by atoms with Crippen molar-refractivity contribution in [3.63, 3.8) is 0 Å². The van der Waals surface area contributed by atoms with Crippen molar-refractivity contribution in [1.29, 1.82) is 0 Å². The summed E-state index contributed by atoms with van der Waals surface area (Å²) in [5.41, 5.74) is 3.23. The molecule has 0 atom stereocenters. The van der Waals surface area contributed by atoms with Gasteiger partial charge in [0.2, 0.25) is 5.91 Å². The number of carbonyl (C=O) groups excluding carboxylic acids is 1. The molecule has 0 radical (unpaired) electrons. The molecule has 3 heterocycles. The molecule has 0 spiro atoms. The summed E-state index contributed by atoms with van der Waals surface area (Å²) in [6, 6.07) is 8.53. The molecule has 0 unspecified atom stereocenters. The van der Waals surface area contributed by atoms with Crippen LogP contribution in [0.2, 0.25) is 0 Å². The molecule has 1 fully saturated rings. The lowest BCUT2D eigenvalue weighted by Crippen LogP contribution is -2.55. The number of aliphatic imine (C=N–C) groups is 1. The smallest absolute Gasteiger partial charge is 0.246 e. The van der Waals surface area contributed by atoms with E-state index in [0.717, 1.165) is 43.4 Å². The fourth-order valence-corrected chi connectivity index (χ4v) is 3.81. The fraction of sp³-hybridized carbons (Fsp3) is 0.409. The lowest BCUT2D eigenvalue weighted by atomic mass is 10.2. The molecule has 1 saturated heterocycles. The molecular formula is C22H29N7O. The first-order valence-electron chi connectivity index (χ1n) is 10.4. The number of nitrogens with zero attached hydrogens (tertiary/aromatic N) is 6. The third-order valence-electron chi connectivity index (χ3n) is 5.36. The highest BCUT2D eigenvalue weighted by molar-refractivity contribution is 5.98. The molecule has 1 aromatic heterocycles. The molecule has 8 heteroatoms. The predicted molar refractivity (Wildman–Crippen MR) is 120 cm³/mol. The summed E-state index contributed by atoms with van der Waals surface area (Å²) in [5.74, 6) is 0.841. The normalized spacial score (nSPS) is 17.2. The van der Waals surface area contributed by atoms with E-state index in [4.69, 9.17) is 4.99 Å². The maximum atomic E-state index is 12.7. The molecular weight excluding hydrogens is 378 g/mol. The highest BCUT2D eigenvalue weighted by atomic mass is 16.2. The second-order valence-corrected chi connectivity index (χ2v) is 7.56. The Kier molecular flexibility index (Phi) is 6.02. The zero-order chi connectivity index (χ0) is 20.9. The highest BCUT2D eigenvalue weighted by Crippen LogP contribution is 2.19. The van der Waals surface area contributed by atoms with Crippen molar-refractivity contribution >= 4 is 23.2 Å². The van der Waals surface area contributed by atoms with Crippen LogP contribution < -0.4 is 15.1 Å². The summed E-state index contributed by atoms with van der Waals surface area (Å²) in [4.78, 5) is 23.7. The van der Waals surface area contributed by atoms with Gasteiger partial charge in [-0.05, 0) is 24.6 Å². The van der Waals surface area contributed by atoms with Gasteiger partial charge in [-0.15, -0.1) is 0 Å². The maximum Gasteiger partial charge on any atom is 0.246 e. The van der Waals surface area contributed by atoms with Gasteiger partial charge in [0, 0.05) is 51.7 Å². The highest BCUT2D eigenvalue weighted by Gasteiger charge is 2.27. The van der Waals surface area contributed by atoms with E-state index in [9.17, 15) is 4.79 Å². The summed E-state index contributed by atoms with van der Waals surface area (Å²) in [5, 5.41) is 7.51. The van der Waals surface area contributed by atoms with E-state index in [1.807, 2.05) is 25.1 Å². The zero-order valence-corrected chi connectivity index (χ0v) is 17.7. The summed E-state index contributed by atoms with van der Waals surface area (Å²) in [6.45, 7) is 6.95. The summed E-state index contributed by atoms with van der Waals surface area (Å²) in [6.07, 6.45) is 7.98. The molecule has 8 nitrogen and oxygen atoms in total. The summed E-state index contributed by atoms with van der Waals surface area (Å²) >= 11 is 0. The monoisotopic (exact) mass is 407 g/mol. The van der Waals surface area contributed by atoms with Crippen molar-refractivity contribution in [2.75, 3.05) is 49.1 Å². The number of hydrogen-bond donors (Lipinski definition) is 1.